The van der Waals surface area contributed by atoms with E-state index >= 15 is 0 Å². The summed E-state index contributed by atoms with van der Waals surface area (Å²) in [5, 5.41) is 4.11. The van der Waals surface area contributed by atoms with E-state index in [1.165, 1.54) is 37.9 Å². The fourth-order valence-electron chi connectivity index (χ4n) is 3.19. The maximum atomic E-state index is 5.40. The van der Waals surface area contributed by atoms with Crippen molar-refractivity contribution in [2.45, 2.75) is 32.2 Å². The van der Waals surface area contributed by atoms with Gasteiger partial charge in [-0.3, -0.25) is 4.90 Å². The molecular formula is C16H18BrN3O. The lowest BCUT2D eigenvalue weighted by Crippen LogP contribution is -2.20. The van der Waals surface area contributed by atoms with Crippen molar-refractivity contribution >= 4 is 15.9 Å². The lowest BCUT2D eigenvalue weighted by Gasteiger charge is -2.12. The first-order chi connectivity index (χ1) is 10.2. The second-order valence-electron chi connectivity index (χ2n) is 6.37. The molecular weight excluding hydrogens is 330 g/mol. The number of halogens is 1. The van der Waals surface area contributed by atoms with E-state index in [0.29, 0.717) is 11.8 Å². The molecule has 2 aliphatic rings. The molecule has 5 heteroatoms. The zero-order valence-electron chi connectivity index (χ0n) is 11.9. The maximum Gasteiger partial charge on any atom is 0.240 e. The maximum absolute atomic E-state index is 5.40. The van der Waals surface area contributed by atoms with E-state index in [1.807, 2.05) is 12.1 Å². The van der Waals surface area contributed by atoms with Crippen LogP contribution in [0.25, 0.3) is 0 Å². The highest BCUT2D eigenvalue weighted by molar-refractivity contribution is 9.10. The summed E-state index contributed by atoms with van der Waals surface area (Å²) in [6.45, 7) is 3.17. The Labute approximate surface area is 132 Å². The van der Waals surface area contributed by atoms with Gasteiger partial charge in [0.2, 0.25) is 5.89 Å². The highest BCUT2D eigenvalue weighted by atomic mass is 79.9. The Hall–Kier alpha value is -1.20. The van der Waals surface area contributed by atoms with E-state index in [0.717, 1.165) is 22.7 Å². The van der Waals surface area contributed by atoms with Gasteiger partial charge in [0.25, 0.3) is 0 Å². The van der Waals surface area contributed by atoms with E-state index in [1.54, 1.807) is 0 Å². The Morgan fingerprint density at radius 1 is 1.29 bits per heavy atom. The molecule has 2 fully saturated rings. The molecule has 0 radical (unpaired) electrons. The zero-order chi connectivity index (χ0) is 14.3. The normalized spacial score (nSPS) is 20.2. The quantitative estimate of drug-likeness (QED) is 0.849. The van der Waals surface area contributed by atoms with Gasteiger partial charge in [0.15, 0.2) is 5.82 Å². The number of hydrogen-bond donors (Lipinski definition) is 0. The molecule has 1 saturated heterocycles. The van der Waals surface area contributed by atoms with Gasteiger partial charge in [-0.2, -0.15) is 4.98 Å². The molecule has 4 nitrogen and oxygen atoms in total. The summed E-state index contributed by atoms with van der Waals surface area (Å²) >= 11 is 3.48. The Morgan fingerprint density at radius 2 is 2.19 bits per heavy atom. The third kappa shape index (κ3) is 3.04. The van der Waals surface area contributed by atoms with Gasteiger partial charge in [-0.1, -0.05) is 33.2 Å². The molecule has 1 spiro atoms. The van der Waals surface area contributed by atoms with E-state index in [2.05, 4.69) is 43.1 Å². The van der Waals surface area contributed by atoms with Crippen LogP contribution in [0.4, 0.5) is 0 Å². The Morgan fingerprint density at radius 3 is 2.95 bits per heavy atom. The minimum Gasteiger partial charge on any atom is -0.338 e. The molecule has 0 N–H and O–H groups in total. The minimum atomic E-state index is 0.652. The average molecular weight is 348 g/mol. The van der Waals surface area contributed by atoms with Gasteiger partial charge >= 0.3 is 0 Å². The van der Waals surface area contributed by atoms with Gasteiger partial charge in [0, 0.05) is 17.4 Å². The first-order valence-electron chi connectivity index (χ1n) is 7.49. The van der Waals surface area contributed by atoms with Crippen LogP contribution in [0.1, 0.15) is 36.5 Å². The molecule has 1 aromatic heterocycles. The summed E-state index contributed by atoms with van der Waals surface area (Å²) in [5.74, 6) is 1.51. The highest BCUT2D eigenvalue weighted by Crippen LogP contribution is 2.52. The van der Waals surface area contributed by atoms with Crippen molar-refractivity contribution in [1.29, 1.82) is 0 Å². The summed E-state index contributed by atoms with van der Waals surface area (Å²) in [6, 6.07) is 8.22. The largest absolute Gasteiger partial charge is 0.338 e. The van der Waals surface area contributed by atoms with Crippen molar-refractivity contribution in [1.82, 2.24) is 15.0 Å². The Bertz CT molecular complexity index is 650. The molecule has 1 saturated carbocycles. The van der Waals surface area contributed by atoms with Crippen LogP contribution in [0.2, 0.25) is 0 Å². The Kier molecular flexibility index (Phi) is 3.34. The van der Waals surface area contributed by atoms with E-state index in [9.17, 15) is 0 Å². The van der Waals surface area contributed by atoms with Crippen LogP contribution < -0.4 is 0 Å². The number of nitrogens with zero attached hydrogens (tertiary/aromatic N) is 3. The van der Waals surface area contributed by atoms with E-state index in [-0.39, 0.29) is 0 Å². The van der Waals surface area contributed by atoms with Crippen molar-refractivity contribution < 1.29 is 4.52 Å². The molecule has 0 atom stereocenters. The van der Waals surface area contributed by atoms with Crippen molar-refractivity contribution in [2.75, 3.05) is 13.1 Å². The molecule has 21 heavy (non-hydrogen) atoms. The second-order valence-corrected chi connectivity index (χ2v) is 7.29. The SMILES string of the molecule is Brc1cccc(Cc2noc(CN3CCC4(CC4)C3)n2)c1. The highest BCUT2D eigenvalue weighted by Gasteiger charge is 2.47. The first-order valence-corrected chi connectivity index (χ1v) is 8.28. The van der Waals surface area contributed by atoms with Crippen LogP contribution >= 0.6 is 15.9 Å². The summed E-state index contributed by atoms with van der Waals surface area (Å²) in [4.78, 5) is 6.98. The summed E-state index contributed by atoms with van der Waals surface area (Å²) in [5.41, 5.74) is 1.84. The van der Waals surface area contributed by atoms with Gasteiger partial charge in [-0.25, -0.2) is 0 Å². The van der Waals surface area contributed by atoms with Crippen molar-refractivity contribution in [3.05, 3.63) is 46.0 Å². The lowest BCUT2D eigenvalue weighted by molar-refractivity contribution is 0.257. The standard InChI is InChI=1S/C16H18BrN3O/c17-13-3-1-2-12(8-13)9-14-18-15(21-19-14)10-20-7-6-16(11-20)4-5-16/h1-3,8H,4-7,9-11H2. The number of rotatable bonds is 4. The van der Waals surface area contributed by atoms with Gasteiger partial charge in [-0.15, -0.1) is 0 Å². The van der Waals surface area contributed by atoms with Crippen LogP contribution in [-0.4, -0.2) is 28.1 Å². The third-order valence-electron chi connectivity index (χ3n) is 4.59. The molecule has 1 aliphatic heterocycles. The van der Waals surface area contributed by atoms with Crippen LogP contribution in [0.5, 0.6) is 0 Å². The van der Waals surface area contributed by atoms with Gasteiger partial charge in [-0.05, 0) is 48.9 Å². The average Bonchev–Trinajstić information content (AvgIpc) is 2.88. The molecule has 0 amide bonds. The molecule has 0 unspecified atom stereocenters. The zero-order valence-corrected chi connectivity index (χ0v) is 13.5. The number of hydrogen-bond acceptors (Lipinski definition) is 4. The van der Waals surface area contributed by atoms with Crippen LogP contribution in [0.15, 0.2) is 33.3 Å². The predicted octanol–water partition coefficient (Wildman–Crippen LogP) is 3.41. The molecule has 110 valence electrons. The fraction of sp³-hybridized carbons (Fsp3) is 0.500. The minimum absolute atomic E-state index is 0.652. The first kappa shape index (κ1) is 13.5. The van der Waals surface area contributed by atoms with E-state index < -0.39 is 0 Å². The van der Waals surface area contributed by atoms with Crippen molar-refractivity contribution in [3.63, 3.8) is 0 Å². The molecule has 2 heterocycles. The topological polar surface area (TPSA) is 42.2 Å². The van der Waals surface area contributed by atoms with Crippen LogP contribution in [-0.2, 0) is 13.0 Å². The molecule has 2 aromatic rings. The molecule has 1 aromatic carbocycles. The van der Waals surface area contributed by atoms with Gasteiger partial charge in [0.05, 0.1) is 6.54 Å². The van der Waals surface area contributed by atoms with Crippen LogP contribution in [0.3, 0.4) is 0 Å². The van der Waals surface area contributed by atoms with Gasteiger partial charge in [0.1, 0.15) is 0 Å². The summed E-state index contributed by atoms with van der Waals surface area (Å²) in [6.07, 6.45) is 4.86. The van der Waals surface area contributed by atoms with Crippen molar-refractivity contribution in [2.24, 2.45) is 5.41 Å². The lowest BCUT2D eigenvalue weighted by atomic mass is 10.1. The molecule has 1 aliphatic carbocycles. The number of benzene rings is 1. The predicted molar refractivity (Wildman–Crippen MR) is 82.8 cm³/mol. The smallest absolute Gasteiger partial charge is 0.240 e. The Balaban J connectivity index is 1.39. The molecule has 4 rings (SSSR count). The third-order valence-corrected chi connectivity index (χ3v) is 5.09. The van der Waals surface area contributed by atoms with Crippen molar-refractivity contribution in [3.8, 4) is 0 Å². The van der Waals surface area contributed by atoms with Crippen LogP contribution in [0, 0.1) is 5.41 Å². The molecule has 0 bridgehead atoms. The number of aromatic nitrogens is 2. The summed E-state index contributed by atoms with van der Waals surface area (Å²) < 4.78 is 6.48. The second kappa shape index (κ2) is 5.21. The number of likely N-dealkylation sites (tertiary alicyclic amines) is 1. The summed E-state index contributed by atoms with van der Waals surface area (Å²) in [7, 11) is 0. The fourth-order valence-corrected chi connectivity index (χ4v) is 3.64. The van der Waals surface area contributed by atoms with Gasteiger partial charge < -0.3 is 4.52 Å². The van der Waals surface area contributed by atoms with E-state index in [4.69, 9.17) is 4.52 Å². The monoisotopic (exact) mass is 347 g/mol.